The standard InChI is InChI=1S/C25H22N2O7S/c1-13-3-9-20(33-13)22-21(23(28)15-4-10-19-16(12-15)11-14(2)34-19)24(29)25(30)27(22)17-5-7-18(8-6-17)35(26,31)32/h3-10,12,14,22,28H,11H2,1-2H3,(H2,26,31,32)/b23-21-. The number of aryl methyl sites for hydroxylation is 1. The first-order valence-corrected chi connectivity index (χ1v) is 12.4. The highest BCUT2D eigenvalue weighted by Gasteiger charge is 2.48. The molecule has 1 fully saturated rings. The van der Waals surface area contributed by atoms with Crippen LogP contribution in [0, 0.1) is 6.92 Å². The minimum absolute atomic E-state index is 0.000577. The summed E-state index contributed by atoms with van der Waals surface area (Å²) >= 11 is 0. The van der Waals surface area contributed by atoms with Gasteiger partial charge in [-0.15, -0.1) is 0 Å². The summed E-state index contributed by atoms with van der Waals surface area (Å²) in [6, 6.07) is 12.6. The highest BCUT2D eigenvalue weighted by Crippen LogP contribution is 2.43. The van der Waals surface area contributed by atoms with Crippen molar-refractivity contribution in [3.63, 3.8) is 0 Å². The second-order valence-electron chi connectivity index (χ2n) is 8.61. The molecule has 0 radical (unpaired) electrons. The Kier molecular flexibility index (Phi) is 5.30. The zero-order valence-electron chi connectivity index (χ0n) is 18.9. The zero-order valence-corrected chi connectivity index (χ0v) is 19.7. The molecule has 2 aromatic carbocycles. The number of anilines is 1. The van der Waals surface area contributed by atoms with Crippen LogP contribution in [0.5, 0.6) is 5.75 Å². The Morgan fingerprint density at radius 3 is 2.43 bits per heavy atom. The number of ether oxygens (including phenoxy) is 1. The number of rotatable bonds is 4. The molecule has 0 aliphatic carbocycles. The summed E-state index contributed by atoms with van der Waals surface area (Å²) in [4.78, 5) is 27.4. The molecule has 180 valence electrons. The highest BCUT2D eigenvalue weighted by molar-refractivity contribution is 7.89. The molecule has 35 heavy (non-hydrogen) atoms. The molecule has 2 aliphatic heterocycles. The fraction of sp³-hybridized carbons (Fsp3) is 0.200. The lowest BCUT2D eigenvalue weighted by Gasteiger charge is -2.23. The molecule has 2 unspecified atom stereocenters. The number of aliphatic hydroxyl groups is 1. The van der Waals surface area contributed by atoms with Gasteiger partial charge < -0.3 is 14.3 Å². The second kappa shape index (κ2) is 8.10. The number of amides is 1. The van der Waals surface area contributed by atoms with E-state index >= 15 is 0 Å². The van der Waals surface area contributed by atoms with Crippen molar-refractivity contribution in [3.05, 3.63) is 82.8 Å². The summed E-state index contributed by atoms with van der Waals surface area (Å²) in [6.07, 6.45) is 0.654. The number of Topliss-reactive ketones (excluding diaryl/α,β-unsaturated/α-hetero) is 1. The van der Waals surface area contributed by atoms with Crippen molar-refractivity contribution in [2.75, 3.05) is 4.90 Å². The van der Waals surface area contributed by atoms with Gasteiger partial charge in [-0.3, -0.25) is 14.5 Å². The van der Waals surface area contributed by atoms with E-state index < -0.39 is 27.8 Å². The average Bonchev–Trinajstić information content (AvgIpc) is 3.47. The quantitative estimate of drug-likeness (QED) is 0.322. The molecule has 5 rings (SSSR count). The predicted molar refractivity (Wildman–Crippen MR) is 126 cm³/mol. The number of hydrogen-bond donors (Lipinski definition) is 2. The molecular formula is C25H22N2O7S. The molecule has 3 heterocycles. The van der Waals surface area contributed by atoms with E-state index in [0.29, 0.717) is 23.5 Å². The largest absolute Gasteiger partial charge is 0.507 e. The van der Waals surface area contributed by atoms with Crippen molar-refractivity contribution in [2.45, 2.75) is 37.3 Å². The van der Waals surface area contributed by atoms with E-state index in [1.807, 2.05) is 6.92 Å². The number of fused-ring (bicyclic) bond motifs is 1. The number of furan rings is 1. The Bertz CT molecular complexity index is 1500. The summed E-state index contributed by atoms with van der Waals surface area (Å²) in [5.41, 5.74) is 1.37. The molecule has 2 aliphatic rings. The van der Waals surface area contributed by atoms with Crippen LogP contribution < -0.4 is 14.8 Å². The molecule has 1 saturated heterocycles. The predicted octanol–water partition coefficient (Wildman–Crippen LogP) is 3.19. The molecular weight excluding hydrogens is 472 g/mol. The van der Waals surface area contributed by atoms with Crippen molar-refractivity contribution in [1.82, 2.24) is 0 Å². The maximum Gasteiger partial charge on any atom is 0.300 e. The van der Waals surface area contributed by atoms with Crippen LogP contribution in [0.4, 0.5) is 5.69 Å². The van der Waals surface area contributed by atoms with Crippen LogP contribution in [0.3, 0.4) is 0 Å². The molecule has 1 aromatic heterocycles. The van der Waals surface area contributed by atoms with Crippen molar-refractivity contribution in [1.29, 1.82) is 0 Å². The van der Waals surface area contributed by atoms with Crippen molar-refractivity contribution in [2.24, 2.45) is 5.14 Å². The van der Waals surface area contributed by atoms with Gasteiger partial charge in [0, 0.05) is 17.7 Å². The molecule has 3 N–H and O–H groups in total. The Labute approximate surface area is 201 Å². The monoisotopic (exact) mass is 494 g/mol. The topological polar surface area (TPSA) is 140 Å². The maximum absolute atomic E-state index is 13.2. The number of nitrogens with two attached hydrogens (primary N) is 1. The van der Waals surface area contributed by atoms with E-state index in [2.05, 4.69) is 0 Å². The lowest BCUT2D eigenvalue weighted by atomic mass is 9.97. The molecule has 2 atom stereocenters. The van der Waals surface area contributed by atoms with Crippen LogP contribution in [0.15, 0.2) is 69.5 Å². The van der Waals surface area contributed by atoms with Crippen LogP contribution in [-0.4, -0.2) is 31.3 Å². The van der Waals surface area contributed by atoms with Crippen molar-refractivity contribution >= 4 is 33.2 Å². The van der Waals surface area contributed by atoms with Gasteiger partial charge in [0.1, 0.15) is 35.2 Å². The number of hydrogen-bond acceptors (Lipinski definition) is 7. The van der Waals surface area contributed by atoms with E-state index in [1.165, 1.54) is 29.2 Å². The normalized spacial score (nSPS) is 21.3. The number of sulfonamides is 1. The van der Waals surface area contributed by atoms with Gasteiger partial charge in [0.2, 0.25) is 10.0 Å². The average molecular weight is 495 g/mol. The van der Waals surface area contributed by atoms with Gasteiger partial charge in [-0.1, -0.05) is 0 Å². The number of ketones is 1. The first-order valence-electron chi connectivity index (χ1n) is 10.8. The third-order valence-electron chi connectivity index (χ3n) is 6.09. The number of aliphatic hydroxyl groups excluding tert-OH is 1. The SMILES string of the molecule is Cc1ccc(C2/C(=C(/O)c3ccc4c(c3)CC(C)O4)C(=O)C(=O)N2c2ccc(S(N)(=O)=O)cc2)o1. The number of benzene rings is 2. The molecule has 0 spiro atoms. The lowest BCUT2D eigenvalue weighted by molar-refractivity contribution is -0.132. The number of carbonyl (C=O) groups is 2. The summed E-state index contributed by atoms with van der Waals surface area (Å²) in [7, 11) is -3.95. The van der Waals surface area contributed by atoms with Gasteiger partial charge in [0.15, 0.2) is 0 Å². The van der Waals surface area contributed by atoms with Crippen molar-refractivity contribution in [3.8, 4) is 5.75 Å². The zero-order chi connectivity index (χ0) is 25.1. The highest BCUT2D eigenvalue weighted by atomic mass is 32.2. The first-order chi connectivity index (χ1) is 16.5. The number of nitrogens with zero attached hydrogens (tertiary/aromatic N) is 1. The smallest absolute Gasteiger partial charge is 0.300 e. The van der Waals surface area contributed by atoms with E-state index in [1.54, 1.807) is 37.3 Å². The molecule has 0 saturated carbocycles. The minimum Gasteiger partial charge on any atom is -0.507 e. The fourth-order valence-corrected chi connectivity index (χ4v) is 5.01. The first kappa shape index (κ1) is 22.9. The summed E-state index contributed by atoms with van der Waals surface area (Å²) in [6.45, 7) is 3.66. The van der Waals surface area contributed by atoms with Crippen LogP contribution in [0.1, 0.15) is 35.6 Å². The second-order valence-corrected chi connectivity index (χ2v) is 10.2. The van der Waals surface area contributed by atoms with Gasteiger partial charge in [0.25, 0.3) is 11.7 Å². The van der Waals surface area contributed by atoms with Gasteiger partial charge in [-0.25, -0.2) is 13.6 Å². The Hall–Kier alpha value is -3.89. The number of primary sulfonamides is 1. The molecule has 1 amide bonds. The molecule has 10 heteroatoms. The summed E-state index contributed by atoms with van der Waals surface area (Å²) < 4.78 is 34.8. The van der Waals surface area contributed by atoms with Gasteiger partial charge in [-0.05, 0) is 74.0 Å². The fourth-order valence-electron chi connectivity index (χ4n) is 4.49. The molecule has 0 bridgehead atoms. The van der Waals surface area contributed by atoms with Gasteiger partial charge in [-0.2, -0.15) is 0 Å². The van der Waals surface area contributed by atoms with E-state index in [9.17, 15) is 23.1 Å². The Balaban J connectivity index is 1.66. The van der Waals surface area contributed by atoms with Crippen LogP contribution >= 0.6 is 0 Å². The van der Waals surface area contributed by atoms with Gasteiger partial charge in [0.05, 0.1) is 10.5 Å². The number of carbonyl (C=O) groups excluding carboxylic acids is 2. The lowest BCUT2D eigenvalue weighted by Crippen LogP contribution is -2.29. The van der Waals surface area contributed by atoms with Crippen LogP contribution in [0.25, 0.3) is 5.76 Å². The van der Waals surface area contributed by atoms with Crippen LogP contribution in [0.2, 0.25) is 0 Å². The van der Waals surface area contributed by atoms with E-state index in [-0.39, 0.29) is 33.8 Å². The van der Waals surface area contributed by atoms with Crippen molar-refractivity contribution < 1.29 is 32.3 Å². The maximum atomic E-state index is 13.2. The Morgan fingerprint density at radius 2 is 1.80 bits per heavy atom. The van der Waals surface area contributed by atoms with Crippen LogP contribution in [-0.2, 0) is 26.0 Å². The summed E-state index contributed by atoms with van der Waals surface area (Å²) in [5.74, 6) is -0.568. The minimum atomic E-state index is -3.95. The van der Waals surface area contributed by atoms with Gasteiger partial charge >= 0.3 is 0 Å². The third kappa shape index (κ3) is 3.90. The molecule has 3 aromatic rings. The molecule has 9 nitrogen and oxygen atoms in total. The van der Waals surface area contributed by atoms with E-state index in [0.717, 1.165) is 5.56 Å². The third-order valence-corrected chi connectivity index (χ3v) is 7.02. The summed E-state index contributed by atoms with van der Waals surface area (Å²) in [5, 5.41) is 16.4. The van der Waals surface area contributed by atoms with E-state index in [4.69, 9.17) is 14.3 Å². The Morgan fingerprint density at radius 1 is 1.09 bits per heavy atom.